The molecule has 0 bridgehead atoms. The molecule has 4 aromatic rings. The van der Waals surface area contributed by atoms with Crippen LogP contribution in [0.1, 0.15) is 13.3 Å². The van der Waals surface area contributed by atoms with Gasteiger partial charge in [0.2, 0.25) is 5.95 Å². The fraction of sp³-hybridized carbons (Fsp3) is 0.429. The van der Waals surface area contributed by atoms with Crippen molar-refractivity contribution in [3.05, 3.63) is 36.7 Å². The molecule has 1 aliphatic rings. The van der Waals surface area contributed by atoms with Crippen LogP contribution in [0.4, 0.5) is 19.1 Å². The molecule has 1 fully saturated rings. The molecule has 0 saturated carbocycles. The molecule has 4 heterocycles. The highest BCUT2D eigenvalue weighted by Gasteiger charge is 2.29. The van der Waals surface area contributed by atoms with Crippen molar-refractivity contribution < 1.29 is 13.2 Å². The molecule has 1 N–H and O–H groups in total. The van der Waals surface area contributed by atoms with E-state index in [9.17, 15) is 13.2 Å². The Morgan fingerprint density at radius 2 is 2.09 bits per heavy atom. The zero-order chi connectivity index (χ0) is 22.2. The van der Waals surface area contributed by atoms with Crippen molar-refractivity contribution >= 4 is 22.5 Å². The molecule has 11 heteroatoms. The van der Waals surface area contributed by atoms with Crippen LogP contribution in [0.2, 0.25) is 0 Å². The van der Waals surface area contributed by atoms with Crippen molar-refractivity contribution in [2.45, 2.75) is 38.5 Å². The second kappa shape index (κ2) is 8.38. The number of piperidine rings is 1. The second-order valence-electron chi connectivity index (χ2n) is 7.96. The SMILES string of the molecule is CCN1CC[C@H](Nc2ncc3c(-c4ccc5nnn(CC(F)F)c5c4)ccn3n2)[C@H](F)C1. The Morgan fingerprint density at radius 3 is 2.88 bits per heavy atom. The largest absolute Gasteiger partial charge is 0.347 e. The average molecular weight is 444 g/mol. The van der Waals surface area contributed by atoms with E-state index >= 15 is 0 Å². The Labute approximate surface area is 182 Å². The third kappa shape index (κ3) is 3.88. The molecule has 2 atom stereocenters. The lowest BCUT2D eigenvalue weighted by Crippen LogP contribution is -2.47. The van der Waals surface area contributed by atoms with E-state index < -0.39 is 19.1 Å². The van der Waals surface area contributed by atoms with Crippen LogP contribution in [-0.4, -0.2) is 72.8 Å². The van der Waals surface area contributed by atoms with Crippen LogP contribution in [0.25, 0.3) is 27.7 Å². The Balaban J connectivity index is 1.41. The van der Waals surface area contributed by atoms with Gasteiger partial charge in [0, 0.05) is 24.8 Å². The third-order valence-corrected chi connectivity index (χ3v) is 5.94. The fourth-order valence-corrected chi connectivity index (χ4v) is 4.19. The number of nitrogens with zero attached hydrogens (tertiary/aromatic N) is 7. The fourth-order valence-electron chi connectivity index (χ4n) is 4.19. The van der Waals surface area contributed by atoms with Crippen LogP contribution in [0.15, 0.2) is 36.7 Å². The standard InChI is InChI=1S/C21H23F3N8/c1-2-30-7-6-16(15(22)11-30)26-21-25-10-19-14(5-8-31(19)28-21)13-3-4-17-18(9-13)32(29-27-17)12-20(23)24/h3-5,8-10,15-16,20H,2,6-7,11-12H2,1H3,(H,26,28)/t15-,16+/m1/s1. The van der Waals surface area contributed by atoms with E-state index in [1.807, 2.05) is 19.1 Å². The van der Waals surface area contributed by atoms with E-state index in [2.05, 4.69) is 30.6 Å². The Bertz CT molecular complexity index is 1240. The van der Waals surface area contributed by atoms with Gasteiger partial charge in [-0.15, -0.1) is 10.2 Å². The molecule has 168 valence electrons. The number of fused-ring (bicyclic) bond motifs is 2. The number of benzene rings is 1. The minimum absolute atomic E-state index is 0.324. The summed E-state index contributed by atoms with van der Waals surface area (Å²) in [4.78, 5) is 6.48. The van der Waals surface area contributed by atoms with Gasteiger partial charge in [-0.1, -0.05) is 18.2 Å². The van der Waals surface area contributed by atoms with Crippen molar-refractivity contribution in [2.75, 3.05) is 25.0 Å². The number of likely N-dealkylation sites (tertiary alicyclic amines) is 1. The van der Waals surface area contributed by atoms with Crippen molar-refractivity contribution in [1.29, 1.82) is 0 Å². The molecule has 8 nitrogen and oxygen atoms in total. The van der Waals surface area contributed by atoms with Crippen LogP contribution in [0, 0.1) is 0 Å². The van der Waals surface area contributed by atoms with Crippen LogP contribution in [-0.2, 0) is 6.54 Å². The predicted molar refractivity (Wildman–Crippen MR) is 115 cm³/mol. The monoisotopic (exact) mass is 444 g/mol. The van der Waals surface area contributed by atoms with E-state index in [-0.39, 0.29) is 6.04 Å². The normalized spacial score (nSPS) is 19.9. The summed E-state index contributed by atoms with van der Waals surface area (Å²) < 4.78 is 43.1. The quantitative estimate of drug-likeness (QED) is 0.492. The van der Waals surface area contributed by atoms with Crippen molar-refractivity contribution in [2.24, 2.45) is 0 Å². The molecule has 0 aliphatic carbocycles. The predicted octanol–water partition coefficient (Wildman–Crippen LogP) is 3.25. The number of hydrogen-bond acceptors (Lipinski definition) is 6. The summed E-state index contributed by atoms with van der Waals surface area (Å²) in [6.07, 6.45) is 0.660. The summed E-state index contributed by atoms with van der Waals surface area (Å²) in [5.74, 6) is 0.368. The van der Waals surface area contributed by atoms with Crippen molar-refractivity contribution in [3.63, 3.8) is 0 Å². The van der Waals surface area contributed by atoms with Crippen LogP contribution in [0.5, 0.6) is 0 Å². The van der Waals surface area contributed by atoms with E-state index in [0.29, 0.717) is 29.9 Å². The van der Waals surface area contributed by atoms with Gasteiger partial charge in [-0.2, -0.15) is 0 Å². The van der Waals surface area contributed by atoms with Crippen molar-refractivity contribution in [1.82, 2.24) is 34.5 Å². The van der Waals surface area contributed by atoms with Crippen LogP contribution < -0.4 is 5.32 Å². The number of alkyl halides is 3. The van der Waals surface area contributed by atoms with E-state index in [1.165, 1.54) is 4.68 Å². The molecule has 0 radical (unpaired) electrons. The molecule has 5 rings (SSSR count). The zero-order valence-corrected chi connectivity index (χ0v) is 17.5. The zero-order valence-electron chi connectivity index (χ0n) is 17.5. The van der Waals surface area contributed by atoms with Gasteiger partial charge >= 0.3 is 0 Å². The molecule has 1 aliphatic heterocycles. The van der Waals surface area contributed by atoms with E-state index in [4.69, 9.17) is 0 Å². The molecule has 1 aromatic carbocycles. The second-order valence-corrected chi connectivity index (χ2v) is 7.96. The number of nitrogens with one attached hydrogen (secondary N) is 1. The summed E-state index contributed by atoms with van der Waals surface area (Å²) in [5.41, 5.74) is 3.51. The number of aromatic nitrogens is 6. The summed E-state index contributed by atoms with van der Waals surface area (Å²) in [6, 6.07) is 6.96. The van der Waals surface area contributed by atoms with Gasteiger partial charge in [0.1, 0.15) is 18.2 Å². The Hall–Kier alpha value is -3.21. The Kier molecular flexibility index (Phi) is 5.41. The van der Waals surface area contributed by atoms with Gasteiger partial charge in [-0.25, -0.2) is 27.4 Å². The minimum atomic E-state index is -2.52. The maximum absolute atomic E-state index is 14.5. The highest BCUT2D eigenvalue weighted by Crippen LogP contribution is 2.28. The molecule has 0 spiro atoms. The summed E-state index contributed by atoms with van der Waals surface area (Å²) in [7, 11) is 0. The van der Waals surface area contributed by atoms with Crippen LogP contribution >= 0.6 is 0 Å². The lowest BCUT2D eigenvalue weighted by molar-refractivity contribution is 0.122. The van der Waals surface area contributed by atoms with Gasteiger partial charge in [0.25, 0.3) is 6.43 Å². The van der Waals surface area contributed by atoms with Gasteiger partial charge in [-0.3, -0.25) is 0 Å². The smallest absolute Gasteiger partial charge is 0.258 e. The molecular formula is C21H23F3N8. The number of anilines is 1. The molecule has 0 unspecified atom stereocenters. The topological polar surface area (TPSA) is 76.2 Å². The molecule has 32 heavy (non-hydrogen) atoms. The van der Waals surface area contributed by atoms with Crippen molar-refractivity contribution in [3.8, 4) is 11.1 Å². The minimum Gasteiger partial charge on any atom is -0.347 e. The third-order valence-electron chi connectivity index (χ3n) is 5.94. The summed E-state index contributed by atoms with van der Waals surface area (Å²) in [5, 5.41) is 15.4. The van der Waals surface area contributed by atoms with Crippen LogP contribution in [0.3, 0.4) is 0 Å². The van der Waals surface area contributed by atoms with E-state index in [1.54, 1.807) is 29.0 Å². The highest BCUT2D eigenvalue weighted by molar-refractivity contribution is 5.87. The lowest BCUT2D eigenvalue weighted by Gasteiger charge is -2.34. The first kappa shape index (κ1) is 20.7. The molecule has 1 saturated heterocycles. The number of halogens is 3. The summed E-state index contributed by atoms with van der Waals surface area (Å²) >= 11 is 0. The van der Waals surface area contributed by atoms with Gasteiger partial charge in [0.05, 0.1) is 23.3 Å². The molecule has 3 aromatic heterocycles. The first-order valence-electron chi connectivity index (χ1n) is 10.6. The average Bonchev–Trinajstić information content (AvgIpc) is 3.38. The van der Waals surface area contributed by atoms with Gasteiger partial charge < -0.3 is 10.2 Å². The maximum Gasteiger partial charge on any atom is 0.258 e. The van der Waals surface area contributed by atoms with Gasteiger partial charge in [-0.05, 0) is 36.7 Å². The first-order valence-corrected chi connectivity index (χ1v) is 10.6. The molecule has 0 amide bonds. The number of rotatable bonds is 6. The first-order chi connectivity index (χ1) is 15.5. The number of hydrogen-bond donors (Lipinski definition) is 1. The summed E-state index contributed by atoms with van der Waals surface area (Å²) in [6.45, 7) is 3.60. The molecular weight excluding hydrogens is 421 g/mol. The Morgan fingerprint density at radius 1 is 1.22 bits per heavy atom. The maximum atomic E-state index is 14.5. The van der Waals surface area contributed by atoms with Gasteiger partial charge in [0.15, 0.2) is 0 Å². The highest BCUT2D eigenvalue weighted by atomic mass is 19.3. The van der Waals surface area contributed by atoms with E-state index in [0.717, 1.165) is 29.7 Å². The lowest BCUT2D eigenvalue weighted by atomic mass is 10.0.